The van der Waals surface area contributed by atoms with Gasteiger partial charge in [-0.15, -0.1) is 0 Å². The number of nitrogens with one attached hydrogen (secondary N) is 1. The van der Waals surface area contributed by atoms with E-state index in [9.17, 15) is 0 Å². The van der Waals surface area contributed by atoms with Crippen molar-refractivity contribution < 1.29 is 4.74 Å². The van der Waals surface area contributed by atoms with Crippen molar-refractivity contribution in [2.24, 2.45) is 0 Å². The SMILES string of the molecule is COc1ccc(C)cc1CNC1CCC1. The maximum atomic E-state index is 5.34. The van der Waals surface area contributed by atoms with Crippen LogP contribution in [0.4, 0.5) is 0 Å². The topological polar surface area (TPSA) is 21.3 Å². The highest BCUT2D eigenvalue weighted by Crippen LogP contribution is 2.22. The summed E-state index contributed by atoms with van der Waals surface area (Å²) in [5.41, 5.74) is 2.56. The molecule has 2 heteroatoms. The van der Waals surface area contributed by atoms with Crippen LogP contribution in [0.2, 0.25) is 0 Å². The van der Waals surface area contributed by atoms with Crippen molar-refractivity contribution in [1.82, 2.24) is 5.32 Å². The molecule has 1 aliphatic carbocycles. The quantitative estimate of drug-likeness (QED) is 0.816. The van der Waals surface area contributed by atoms with Gasteiger partial charge in [0.25, 0.3) is 0 Å². The Morgan fingerprint density at radius 1 is 1.40 bits per heavy atom. The third kappa shape index (κ3) is 2.51. The zero-order valence-electron chi connectivity index (χ0n) is 9.55. The predicted octanol–water partition coefficient (Wildman–Crippen LogP) is 2.65. The number of hydrogen-bond acceptors (Lipinski definition) is 2. The summed E-state index contributed by atoms with van der Waals surface area (Å²) >= 11 is 0. The van der Waals surface area contributed by atoms with Crippen LogP contribution in [0.1, 0.15) is 30.4 Å². The maximum absolute atomic E-state index is 5.34. The minimum absolute atomic E-state index is 0.732. The molecule has 0 aliphatic heterocycles. The molecule has 1 N–H and O–H groups in total. The van der Waals surface area contributed by atoms with Gasteiger partial charge in [-0.25, -0.2) is 0 Å². The molecule has 2 nitrogen and oxygen atoms in total. The summed E-state index contributed by atoms with van der Waals surface area (Å²) in [5, 5.41) is 3.56. The summed E-state index contributed by atoms with van der Waals surface area (Å²) in [5.74, 6) is 0.993. The normalized spacial score (nSPS) is 16.1. The van der Waals surface area contributed by atoms with Crippen molar-refractivity contribution in [3.8, 4) is 5.75 Å². The molecule has 0 aromatic heterocycles. The summed E-state index contributed by atoms with van der Waals surface area (Å²) < 4.78 is 5.34. The van der Waals surface area contributed by atoms with Crippen molar-refractivity contribution in [2.75, 3.05) is 7.11 Å². The smallest absolute Gasteiger partial charge is 0.123 e. The van der Waals surface area contributed by atoms with Gasteiger partial charge in [-0.2, -0.15) is 0 Å². The lowest BCUT2D eigenvalue weighted by atomic mass is 9.93. The van der Waals surface area contributed by atoms with Crippen LogP contribution in [-0.4, -0.2) is 13.2 Å². The van der Waals surface area contributed by atoms with Gasteiger partial charge in [0.2, 0.25) is 0 Å². The fourth-order valence-electron chi connectivity index (χ4n) is 1.91. The average Bonchev–Trinajstić information content (AvgIpc) is 2.16. The molecule has 82 valence electrons. The molecular weight excluding hydrogens is 186 g/mol. The molecule has 0 unspecified atom stereocenters. The Labute approximate surface area is 91.6 Å². The molecule has 1 aromatic carbocycles. The van der Waals surface area contributed by atoms with Gasteiger partial charge in [0.05, 0.1) is 7.11 Å². The summed E-state index contributed by atoms with van der Waals surface area (Å²) in [6.45, 7) is 3.04. The second-order valence-electron chi connectivity index (χ2n) is 4.32. The fraction of sp³-hybridized carbons (Fsp3) is 0.538. The lowest BCUT2D eigenvalue weighted by Crippen LogP contribution is -2.34. The standard InChI is InChI=1S/C13H19NO/c1-10-6-7-13(15-2)11(8-10)9-14-12-4-3-5-12/h6-8,12,14H,3-5,9H2,1-2H3. The average molecular weight is 205 g/mol. The van der Waals surface area contributed by atoms with Crippen molar-refractivity contribution in [1.29, 1.82) is 0 Å². The van der Waals surface area contributed by atoms with Crippen LogP contribution in [-0.2, 0) is 6.54 Å². The highest BCUT2D eigenvalue weighted by Gasteiger charge is 2.16. The molecule has 15 heavy (non-hydrogen) atoms. The van der Waals surface area contributed by atoms with E-state index in [1.165, 1.54) is 30.4 Å². The van der Waals surface area contributed by atoms with Gasteiger partial charge in [-0.3, -0.25) is 0 Å². The van der Waals surface area contributed by atoms with E-state index in [-0.39, 0.29) is 0 Å². The molecule has 0 atom stereocenters. The van der Waals surface area contributed by atoms with Gasteiger partial charge in [0.15, 0.2) is 0 Å². The molecular formula is C13H19NO. The van der Waals surface area contributed by atoms with Crippen LogP contribution in [0.3, 0.4) is 0 Å². The maximum Gasteiger partial charge on any atom is 0.123 e. The first kappa shape index (κ1) is 10.5. The van der Waals surface area contributed by atoms with Crippen LogP contribution in [0.5, 0.6) is 5.75 Å². The van der Waals surface area contributed by atoms with E-state index in [1.54, 1.807) is 7.11 Å². The molecule has 0 amide bonds. The van der Waals surface area contributed by atoms with Gasteiger partial charge in [-0.1, -0.05) is 24.1 Å². The third-order valence-corrected chi connectivity index (χ3v) is 3.12. The number of rotatable bonds is 4. The molecule has 0 bridgehead atoms. The lowest BCUT2D eigenvalue weighted by Gasteiger charge is -2.27. The summed E-state index contributed by atoms with van der Waals surface area (Å²) in [6.07, 6.45) is 4.03. The summed E-state index contributed by atoms with van der Waals surface area (Å²) in [4.78, 5) is 0. The molecule has 1 saturated carbocycles. The van der Waals surface area contributed by atoms with Crippen molar-refractivity contribution in [3.05, 3.63) is 29.3 Å². The van der Waals surface area contributed by atoms with Crippen LogP contribution >= 0.6 is 0 Å². The third-order valence-electron chi connectivity index (χ3n) is 3.12. The predicted molar refractivity (Wildman–Crippen MR) is 62.2 cm³/mol. The van der Waals surface area contributed by atoms with Gasteiger partial charge in [-0.05, 0) is 25.8 Å². The van der Waals surface area contributed by atoms with Gasteiger partial charge >= 0.3 is 0 Å². The minimum atomic E-state index is 0.732. The Kier molecular flexibility index (Phi) is 3.27. The van der Waals surface area contributed by atoms with E-state index in [0.717, 1.165) is 18.3 Å². The van der Waals surface area contributed by atoms with Crippen LogP contribution in [0.25, 0.3) is 0 Å². The molecule has 0 saturated heterocycles. The zero-order chi connectivity index (χ0) is 10.7. The van der Waals surface area contributed by atoms with Crippen molar-refractivity contribution >= 4 is 0 Å². The van der Waals surface area contributed by atoms with Crippen molar-refractivity contribution in [2.45, 2.75) is 38.8 Å². The number of aryl methyl sites for hydroxylation is 1. The highest BCUT2D eigenvalue weighted by atomic mass is 16.5. The lowest BCUT2D eigenvalue weighted by molar-refractivity contribution is 0.334. The van der Waals surface area contributed by atoms with E-state index in [1.807, 2.05) is 6.07 Å². The second-order valence-corrected chi connectivity index (χ2v) is 4.32. The highest BCUT2D eigenvalue weighted by molar-refractivity contribution is 5.36. The Hall–Kier alpha value is -1.02. The van der Waals surface area contributed by atoms with Crippen LogP contribution in [0.15, 0.2) is 18.2 Å². The second kappa shape index (κ2) is 4.67. The monoisotopic (exact) mass is 205 g/mol. The van der Waals surface area contributed by atoms with E-state index < -0.39 is 0 Å². The van der Waals surface area contributed by atoms with Gasteiger partial charge < -0.3 is 10.1 Å². The fourth-order valence-corrected chi connectivity index (χ4v) is 1.91. The molecule has 0 heterocycles. The first-order chi connectivity index (χ1) is 7.29. The van der Waals surface area contributed by atoms with Crippen molar-refractivity contribution in [3.63, 3.8) is 0 Å². The van der Waals surface area contributed by atoms with Gasteiger partial charge in [0.1, 0.15) is 5.75 Å². The summed E-state index contributed by atoms with van der Waals surface area (Å²) in [7, 11) is 1.73. The van der Waals surface area contributed by atoms with E-state index in [4.69, 9.17) is 4.74 Å². The molecule has 0 radical (unpaired) electrons. The van der Waals surface area contributed by atoms with Gasteiger partial charge in [0, 0.05) is 18.2 Å². The molecule has 1 fully saturated rings. The van der Waals surface area contributed by atoms with Crippen LogP contribution < -0.4 is 10.1 Å². The first-order valence-corrected chi connectivity index (χ1v) is 5.66. The minimum Gasteiger partial charge on any atom is -0.496 e. The van der Waals surface area contributed by atoms with E-state index >= 15 is 0 Å². The number of hydrogen-bond donors (Lipinski definition) is 1. The largest absolute Gasteiger partial charge is 0.496 e. The summed E-state index contributed by atoms with van der Waals surface area (Å²) in [6, 6.07) is 7.07. The zero-order valence-corrected chi connectivity index (χ0v) is 9.55. The Bertz CT molecular complexity index is 331. The van der Waals surface area contributed by atoms with Crippen LogP contribution in [0, 0.1) is 6.92 Å². The van der Waals surface area contributed by atoms with E-state index in [0.29, 0.717) is 0 Å². The van der Waals surface area contributed by atoms with E-state index in [2.05, 4.69) is 24.4 Å². The number of ether oxygens (including phenoxy) is 1. The Morgan fingerprint density at radius 3 is 2.80 bits per heavy atom. The number of benzene rings is 1. The molecule has 0 spiro atoms. The Balaban J connectivity index is 2.00. The molecule has 1 aromatic rings. The first-order valence-electron chi connectivity index (χ1n) is 5.66. The Morgan fingerprint density at radius 2 is 2.20 bits per heavy atom. The number of methoxy groups -OCH3 is 1. The molecule has 2 rings (SSSR count). The molecule has 1 aliphatic rings.